The predicted octanol–water partition coefficient (Wildman–Crippen LogP) is 4.89. The molecule has 2 aromatic heterocycles. The van der Waals surface area contributed by atoms with Gasteiger partial charge in [-0.25, -0.2) is 9.97 Å². The molecule has 3 heterocycles. The molecular formula is C23H21N3O3S. The molecule has 1 N–H and O–H groups in total. The van der Waals surface area contributed by atoms with Gasteiger partial charge in [0, 0.05) is 24.6 Å². The van der Waals surface area contributed by atoms with Gasteiger partial charge in [-0.15, -0.1) is 11.3 Å². The average molecular weight is 420 g/mol. The summed E-state index contributed by atoms with van der Waals surface area (Å²) in [4.78, 5) is 10.4. The molecule has 0 atom stereocenters. The lowest BCUT2D eigenvalue weighted by molar-refractivity contribution is 0.171. The van der Waals surface area contributed by atoms with Crippen molar-refractivity contribution in [3.8, 4) is 22.6 Å². The van der Waals surface area contributed by atoms with Crippen LogP contribution < -0.4 is 14.8 Å². The molecule has 0 aliphatic carbocycles. The maximum Gasteiger partial charge on any atom is 0.161 e. The highest BCUT2D eigenvalue weighted by Crippen LogP contribution is 2.37. The Bertz CT molecular complexity index is 1180. The first-order valence-electron chi connectivity index (χ1n) is 9.76. The minimum absolute atomic E-state index is 0.368. The molecule has 0 bridgehead atoms. The summed E-state index contributed by atoms with van der Waals surface area (Å²) in [6, 6.07) is 16.3. The number of fused-ring (bicyclic) bond motifs is 2. The van der Waals surface area contributed by atoms with Crippen LogP contribution in [0, 0.1) is 0 Å². The predicted molar refractivity (Wildman–Crippen MR) is 118 cm³/mol. The van der Waals surface area contributed by atoms with Gasteiger partial charge in [0.25, 0.3) is 0 Å². The largest absolute Gasteiger partial charge is 0.486 e. The normalized spacial score (nSPS) is 12.8. The van der Waals surface area contributed by atoms with Gasteiger partial charge in [-0.1, -0.05) is 36.4 Å². The number of hydrogen-bond acceptors (Lipinski definition) is 7. The van der Waals surface area contributed by atoms with Crippen molar-refractivity contribution in [3.63, 3.8) is 0 Å². The summed E-state index contributed by atoms with van der Waals surface area (Å²) in [5.74, 6) is 3.05. The summed E-state index contributed by atoms with van der Waals surface area (Å²) in [6.45, 7) is 2.14. The van der Waals surface area contributed by atoms with Gasteiger partial charge in [0.1, 0.15) is 30.5 Å². The fourth-order valence-corrected chi connectivity index (χ4v) is 4.49. The fourth-order valence-electron chi connectivity index (χ4n) is 3.52. The summed E-state index contributed by atoms with van der Waals surface area (Å²) < 4.78 is 16.6. The minimum Gasteiger partial charge on any atom is -0.486 e. The Labute approximate surface area is 178 Å². The van der Waals surface area contributed by atoms with E-state index in [0.29, 0.717) is 32.2 Å². The van der Waals surface area contributed by atoms with Crippen LogP contribution >= 0.6 is 11.3 Å². The van der Waals surface area contributed by atoms with Crippen LogP contribution in [0.3, 0.4) is 0 Å². The number of benzene rings is 2. The molecule has 0 saturated carbocycles. The number of nitrogens with zero attached hydrogens (tertiary/aromatic N) is 2. The lowest BCUT2D eigenvalue weighted by atomic mass is 10.1. The van der Waals surface area contributed by atoms with Crippen LogP contribution in [0.5, 0.6) is 11.5 Å². The highest BCUT2D eigenvalue weighted by Gasteiger charge is 2.16. The molecule has 0 spiro atoms. The second kappa shape index (κ2) is 8.30. The van der Waals surface area contributed by atoms with Crippen molar-refractivity contribution >= 4 is 27.4 Å². The third-order valence-corrected chi connectivity index (χ3v) is 5.78. The topological polar surface area (TPSA) is 65.5 Å². The number of anilines is 1. The molecule has 2 aromatic carbocycles. The van der Waals surface area contributed by atoms with E-state index in [-0.39, 0.29) is 0 Å². The van der Waals surface area contributed by atoms with Crippen LogP contribution in [0.15, 0.2) is 53.9 Å². The lowest BCUT2D eigenvalue weighted by Crippen LogP contribution is -2.15. The monoisotopic (exact) mass is 419 g/mol. The van der Waals surface area contributed by atoms with Crippen molar-refractivity contribution in [1.82, 2.24) is 9.97 Å². The molecule has 0 unspecified atom stereocenters. The van der Waals surface area contributed by atoms with Gasteiger partial charge in [0.15, 0.2) is 17.3 Å². The number of nitrogens with one attached hydrogen (secondary N) is 1. The second-order valence-electron chi connectivity index (χ2n) is 6.95. The summed E-state index contributed by atoms with van der Waals surface area (Å²) in [7, 11) is 1.65. The van der Waals surface area contributed by atoms with Crippen LogP contribution in [-0.2, 0) is 17.9 Å². The second-order valence-corrected chi connectivity index (χ2v) is 7.81. The van der Waals surface area contributed by atoms with E-state index in [1.807, 2.05) is 36.4 Å². The van der Waals surface area contributed by atoms with Crippen molar-refractivity contribution < 1.29 is 14.2 Å². The highest BCUT2D eigenvalue weighted by molar-refractivity contribution is 7.17. The number of hydrogen-bond donors (Lipinski definition) is 1. The number of aromatic nitrogens is 2. The molecule has 1 aliphatic heterocycles. The van der Waals surface area contributed by atoms with Gasteiger partial charge in [-0.05, 0) is 23.3 Å². The molecule has 4 aromatic rings. The van der Waals surface area contributed by atoms with Gasteiger partial charge >= 0.3 is 0 Å². The van der Waals surface area contributed by atoms with Gasteiger partial charge in [-0.3, -0.25) is 0 Å². The summed E-state index contributed by atoms with van der Waals surface area (Å²) >= 11 is 1.62. The Morgan fingerprint density at radius 3 is 2.70 bits per heavy atom. The molecule has 1 aliphatic rings. The quantitative estimate of drug-likeness (QED) is 0.480. The number of methoxy groups -OCH3 is 1. The molecular weight excluding hydrogens is 398 g/mol. The molecule has 30 heavy (non-hydrogen) atoms. The highest BCUT2D eigenvalue weighted by atomic mass is 32.1. The minimum atomic E-state index is 0.368. The van der Waals surface area contributed by atoms with Crippen molar-refractivity contribution in [2.45, 2.75) is 13.2 Å². The van der Waals surface area contributed by atoms with E-state index in [1.54, 1.807) is 18.4 Å². The first-order chi connectivity index (χ1) is 14.8. The molecule has 5 rings (SSSR count). The Morgan fingerprint density at radius 1 is 1.03 bits per heavy atom. The van der Waals surface area contributed by atoms with E-state index >= 15 is 0 Å². The molecule has 6 nitrogen and oxygen atoms in total. The van der Waals surface area contributed by atoms with Gasteiger partial charge in [-0.2, -0.15) is 0 Å². The number of rotatable bonds is 6. The van der Waals surface area contributed by atoms with Gasteiger partial charge < -0.3 is 19.5 Å². The van der Waals surface area contributed by atoms with Crippen molar-refractivity contribution in [2.75, 3.05) is 25.6 Å². The summed E-state index contributed by atoms with van der Waals surface area (Å²) in [5.41, 5.74) is 3.37. The Balaban J connectivity index is 1.51. The van der Waals surface area contributed by atoms with Crippen molar-refractivity contribution in [1.29, 1.82) is 0 Å². The third kappa shape index (κ3) is 3.69. The summed E-state index contributed by atoms with van der Waals surface area (Å²) in [6.07, 6.45) is 0. The van der Waals surface area contributed by atoms with Crippen molar-refractivity contribution in [3.05, 3.63) is 65.3 Å². The van der Waals surface area contributed by atoms with Crippen LogP contribution in [0.4, 0.5) is 5.82 Å². The maximum absolute atomic E-state index is 5.71. The van der Waals surface area contributed by atoms with Gasteiger partial charge in [0.05, 0.1) is 5.39 Å². The van der Waals surface area contributed by atoms with E-state index < -0.39 is 0 Å². The van der Waals surface area contributed by atoms with E-state index in [4.69, 9.17) is 24.2 Å². The molecule has 0 radical (unpaired) electrons. The van der Waals surface area contributed by atoms with Crippen LogP contribution in [0.25, 0.3) is 21.3 Å². The molecule has 0 amide bonds. The molecule has 0 saturated heterocycles. The lowest BCUT2D eigenvalue weighted by Gasteiger charge is -2.19. The average Bonchev–Trinajstić information content (AvgIpc) is 3.22. The van der Waals surface area contributed by atoms with Crippen LogP contribution in [0.2, 0.25) is 0 Å². The number of thiophene rings is 1. The molecule has 152 valence electrons. The first kappa shape index (κ1) is 18.8. The maximum atomic E-state index is 5.71. The standard InChI is InChI=1S/C23H21N3O3S/c1-27-13-20-25-22(24-12-15-7-8-18-19(11-15)29-10-9-28-18)21-17(14-30-23(21)26-20)16-5-3-2-4-6-16/h2-8,11,14H,9-10,12-13H2,1H3,(H,24,25,26). The Hall–Kier alpha value is -3.16. The van der Waals surface area contributed by atoms with Crippen LogP contribution in [0.1, 0.15) is 11.4 Å². The smallest absolute Gasteiger partial charge is 0.161 e. The molecule has 0 fully saturated rings. The van der Waals surface area contributed by atoms with Crippen molar-refractivity contribution in [2.24, 2.45) is 0 Å². The number of ether oxygens (including phenoxy) is 3. The fraction of sp³-hybridized carbons (Fsp3) is 0.217. The van der Waals surface area contributed by atoms with E-state index in [9.17, 15) is 0 Å². The Kier molecular flexibility index (Phi) is 5.21. The van der Waals surface area contributed by atoms with E-state index in [0.717, 1.165) is 44.2 Å². The SMILES string of the molecule is COCc1nc(NCc2ccc3c(c2)OCCO3)c2c(-c3ccccc3)csc2n1. The third-order valence-electron chi connectivity index (χ3n) is 4.90. The van der Waals surface area contributed by atoms with E-state index in [2.05, 4.69) is 22.8 Å². The zero-order valence-corrected chi connectivity index (χ0v) is 17.4. The first-order valence-corrected chi connectivity index (χ1v) is 10.6. The van der Waals surface area contributed by atoms with Gasteiger partial charge in [0.2, 0.25) is 0 Å². The molecule has 7 heteroatoms. The zero-order chi connectivity index (χ0) is 20.3. The zero-order valence-electron chi connectivity index (χ0n) is 16.6. The van der Waals surface area contributed by atoms with E-state index in [1.165, 1.54) is 0 Å². The Morgan fingerprint density at radius 2 is 1.87 bits per heavy atom. The summed E-state index contributed by atoms with van der Waals surface area (Å²) in [5, 5.41) is 6.68. The van der Waals surface area contributed by atoms with Crippen LogP contribution in [-0.4, -0.2) is 30.3 Å².